The third-order valence-electron chi connectivity index (χ3n) is 2.88. The molecule has 1 amide bonds. The highest BCUT2D eigenvalue weighted by Gasteiger charge is 2.04. The number of carbonyl (C=O) groups excluding carboxylic acids is 1. The number of amides is 1. The summed E-state index contributed by atoms with van der Waals surface area (Å²) in [4.78, 5) is 11.9. The van der Waals surface area contributed by atoms with Crippen molar-refractivity contribution in [2.24, 2.45) is 0 Å². The molecule has 0 spiro atoms. The second-order valence-corrected chi connectivity index (χ2v) is 5.43. The minimum Gasteiger partial charge on any atom is -0.494 e. The van der Waals surface area contributed by atoms with E-state index in [4.69, 9.17) is 9.47 Å². The van der Waals surface area contributed by atoms with Gasteiger partial charge >= 0.3 is 0 Å². The molecule has 4 nitrogen and oxygen atoms in total. The first-order chi connectivity index (χ1) is 10.7. The van der Waals surface area contributed by atoms with Crippen LogP contribution in [0.25, 0.3) is 0 Å². The van der Waals surface area contributed by atoms with E-state index in [-0.39, 0.29) is 5.91 Å². The Hall–Kier alpha value is -2.01. The Labute approximate surface area is 138 Å². The van der Waals surface area contributed by atoms with Crippen molar-refractivity contribution >= 4 is 21.8 Å². The van der Waals surface area contributed by atoms with Gasteiger partial charge in [0.2, 0.25) is 0 Å². The predicted molar refractivity (Wildman–Crippen MR) is 89.6 cm³/mol. The van der Waals surface area contributed by atoms with Crippen molar-refractivity contribution in [2.45, 2.75) is 6.92 Å². The molecule has 2 aromatic rings. The van der Waals surface area contributed by atoms with Gasteiger partial charge in [0, 0.05) is 10.0 Å². The predicted octanol–water partition coefficient (Wildman–Crippen LogP) is 3.66. The topological polar surface area (TPSA) is 47.6 Å². The van der Waals surface area contributed by atoms with Gasteiger partial charge in [0.05, 0.1) is 13.2 Å². The van der Waals surface area contributed by atoms with Crippen molar-refractivity contribution in [2.75, 3.05) is 19.8 Å². The first kappa shape index (κ1) is 16.4. The van der Waals surface area contributed by atoms with Crippen molar-refractivity contribution in [3.8, 4) is 11.5 Å². The maximum atomic E-state index is 11.9. The summed E-state index contributed by atoms with van der Waals surface area (Å²) >= 11 is 3.34. The van der Waals surface area contributed by atoms with E-state index in [9.17, 15) is 4.79 Å². The molecule has 2 rings (SSSR count). The molecule has 0 aliphatic heterocycles. The fraction of sp³-hybridized carbons (Fsp3) is 0.235. The summed E-state index contributed by atoms with van der Waals surface area (Å²) in [5.41, 5.74) is 0.621. The van der Waals surface area contributed by atoms with Crippen LogP contribution in [0.1, 0.15) is 17.3 Å². The summed E-state index contributed by atoms with van der Waals surface area (Å²) in [7, 11) is 0. The number of carbonyl (C=O) groups is 1. The highest BCUT2D eigenvalue weighted by molar-refractivity contribution is 9.10. The minimum absolute atomic E-state index is 0.114. The lowest BCUT2D eigenvalue weighted by atomic mass is 10.2. The lowest BCUT2D eigenvalue weighted by Gasteiger charge is -2.09. The van der Waals surface area contributed by atoms with E-state index in [0.29, 0.717) is 25.3 Å². The quantitative estimate of drug-likeness (QED) is 0.763. The molecule has 1 N–H and O–H groups in total. The van der Waals surface area contributed by atoms with Crippen LogP contribution in [0, 0.1) is 0 Å². The smallest absolute Gasteiger partial charge is 0.251 e. The summed E-state index contributed by atoms with van der Waals surface area (Å²) in [5.74, 6) is 1.45. The van der Waals surface area contributed by atoms with Gasteiger partial charge in [-0.2, -0.15) is 0 Å². The molecule has 0 aromatic heterocycles. The van der Waals surface area contributed by atoms with Crippen LogP contribution in [-0.2, 0) is 0 Å². The van der Waals surface area contributed by atoms with E-state index in [0.717, 1.165) is 16.0 Å². The Kier molecular flexibility index (Phi) is 6.27. The largest absolute Gasteiger partial charge is 0.494 e. The van der Waals surface area contributed by atoms with Gasteiger partial charge in [-0.25, -0.2) is 0 Å². The van der Waals surface area contributed by atoms with Gasteiger partial charge in [0.15, 0.2) is 0 Å². The molecule has 22 heavy (non-hydrogen) atoms. The molecular formula is C17H18BrNO3. The van der Waals surface area contributed by atoms with E-state index in [1.807, 2.05) is 43.3 Å². The average molecular weight is 364 g/mol. The fourth-order valence-corrected chi connectivity index (χ4v) is 2.26. The van der Waals surface area contributed by atoms with Crippen molar-refractivity contribution in [3.05, 3.63) is 58.6 Å². The Balaban J connectivity index is 1.73. The second kappa shape index (κ2) is 8.44. The summed E-state index contributed by atoms with van der Waals surface area (Å²) < 4.78 is 11.8. The molecule has 0 saturated heterocycles. The number of nitrogens with one attached hydrogen (secondary N) is 1. The summed E-state index contributed by atoms with van der Waals surface area (Å²) in [6, 6.07) is 14.7. The van der Waals surface area contributed by atoms with Gasteiger partial charge in [-0.1, -0.05) is 22.0 Å². The third kappa shape index (κ3) is 5.07. The molecule has 0 heterocycles. The summed E-state index contributed by atoms with van der Waals surface area (Å²) in [5, 5.41) is 2.82. The van der Waals surface area contributed by atoms with Gasteiger partial charge in [0.25, 0.3) is 5.91 Å². The molecule has 0 saturated carbocycles. The van der Waals surface area contributed by atoms with Crippen molar-refractivity contribution in [3.63, 3.8) is 0 Å². The van der Waals surface area contributed by atoms with Crippen molar-refractivity contribution in [1.29, 1.82) is 0 Å². The number of rotatable bonds is 7. The Morgan fingerprint density at radius 2 is 1.77 bits per heavy atom. The molecule has 2 aromatic carbocycles. The Morgan fingerprint density at radius 1 is 1.09 bits per heavy atom. The van der Waals surface area contributed by atoms with Crippen molar-refractivity contribution in [1.82, 2.24) is 5.32 Å². The van der Waals surface area contributed by atoms with Crippen LogP contribution in [0.4, 0.5) is 0 Å². The van der Waals surface area contributed by atoms with Gasteiger partial charge < -0.3 is 14.8 Å². The lowest BCUT2D eigenvalue weighted by Crippen LogP contribution is -2.28. The van der Waals surface area contributed by atoms with Gasteiger partial charge in [0.1, 0.15) is 18.1 Å². The Morgan fingerprint density at radius 3 is 2.41 bits per heavy atom. The SMILES string of the molecule is CCOc1ccc(OCCNC(=O)c2cccc(Br)c2)cc1. The van der Waals surface area contributed by atoms with E-state index < -0.39 is 0 Å². The number of hydrogen-bond acceptors (Lipinski definition) is 3. The fourth-order valence-electron chi connectivity index (χ4n) is 1.86. The number of halogens is 1. The first-order valence-electron chi connectivity index (χ1n) is 7.08. The lowest BCUT2D eigenvalue weighted by molar-refractivity contribution is 0.0947. The zero-order valence-corrected chi connectivity index (χ0v) is 13.9. The monoisotopic (exact) mass is 363 g/mol. The van der Waals surface area contributed by atoms with E-state index in [2.05, 4.69) is 21.2 Å². The summed E-state index contributed by atoms with van der Waals surface area (Å²) in [6.07, 6.45) is 0. The number of benzene rings is 2. The van der Waals surface area contributed by atoms with Crippen LogP contribution in [0.2, 0.25) is 0 Å². The van der Waals surface area contributed by atoms with Crippen LogP contribution in [-0.4, -0.2) is 25.7 Å². The molecule has 0 aliphatic carbocycles. The number of ether oxygens (including phenoxy) is 2. The highest BCUT2D eigenvalue weighted by atomic mass is 79.9. The maximum Gasteiger partial charge on any atom is 0.251 e. The van der Waals surface area contributed by atoms with Crippen LogP contribution in [0.5, 0.6) is 11.5 Å². The molecule has 0 bridgehead atoms. The molecule has 116 valence electrons. The normalized spacial score (nSPS) is 10.1. The summed E-state index contributed by atoms with van der Waals surface area (Å²) in [6.45, 7) is 3.44. The van der Waals surface area contributed by atoms with Crippen LogP contribution in [0.3, 0.4) is 0 Å². The van der Waals surface area contributed by atoms with Crippen LogP contribution < -0.4 is 14.8 Å². The van der Waals surface area contributed by atoms with Gasteiger partial charge in [-0.15, -0.1) is 0 Å². The van der Waals surface area contributed by atoms with Gasteiger partial charge in [-0.05, 0) is 49.4 Å². The van der Waals surface area contributed by atoms with Crippen LogP contribution >= 0.6 is 15.9 Å². The molecule has 5 heteroatoms. The average Bonchev–Trinajstić information content (AvgIpc) is 2.53. The van der Waals surface area contributed by atoms with E-state index in [1.54, 1.807) is 12.1 Å². The third-order valence-corrected chi connectivity index (χ3v) is 3.37. The van der Waals surface area contributed by atoms with E-state index >= 15 is 0 Å². The first-order valence-corrected chi connectivity index (χ1v) is 7.88. The van der Waals surface area contributed by atoms with Crippen molar-refractivity contribution < 1.29 is 14.3 Å². The second-order valence-electron chi connectivity index (χ2n) is 4.52. The highest BCUT2D eigenvalue weighted by Crippen LogP contribution is 2.17. The number of hydrogen-bond donors (Lipinski definition) is 1. The standard InChI is InChI=1S/C17H18BrNO3/c1-2-21-15-6-8-16(9-7-15)22-11-10-19-17(20)13-4-3-5-14(18)12-13/h3-9,12H,2,10-11H2,1H3,(H,19,20). The molecule has 0 unspecified atom stereocenters. The molecule has 0 fully saturated rings. The molecular weight excluding hydrogens is 346 g/mol. The van der Waals surface area contributed by atoms with Crippen LogP contribution in [0.15, 0.2) is 53.0 Å². The zero-order valence-electron chi connectivity index (χ0n) is 12.3. The van der Waals surface area contributed by atoms with Gasteiger partial charge in [-0.3, -0.25) is 4.79 Å². The molecule has 0 atom stereocenters. The molecule has 0 aliphatic rings. The maximum absolute atomic E-state index is 11.9. The Bertz CT molecular complexity index is 614. The zero-order chi connectivity index (χ0) is 15.8. The van der Waals surface area contributed by atoms with E-state index in [1.165, 1.54) is 0 Å². The molecule has 0 radical (unpaired) electrons. The minimum atomic E-state index is -0.114.